The van der Waals surface area contributed by atoms with Gasteiger partial charge in [0.15, 0.2) is 6.29 Å². The third-order valence-corrected chi connectivity index (χ3v) is 2.60. The molecule has 0 aromatic rings. The Labute approximate surface area is 94.5 Å². The van der Waals surface area contributed by atoms with Gasteiger partial charge in [-0.15, -0.1) is 0 Å². The SMILES string of the molecule is COC(OC)C(C)NC(C)CCC(C)C. The molecule has 0 heterocycles. The highest BCUT2D eigenvalue weighted by Gasteiger charge is 2.17. The molecule has 3 nitrogen and oxygen atoms in total. The first-order chi connectivity index (χ1) is 7.01. The molecular formula is C12H27NO2. The highest BCUT2D eigenvalue weighted by Crippen LogP contribution is 2.08. The van der Waals surface area contributed by atoms with E-state index in [2.05, 4.69) is 33.0 Å². The molecule has 0 aromatic carbocycles. The largest absolute Gasteiger partial charge is 0.354 e. The average molecular weight is 217 g/mol. The summed E-state index contributed by atoms with van der Waals surface area (Å²) < 4.78 is 10.4. The van der Waals surface area contributed by atoms with Crippen LogP contribution >= 0.6 is 0 Å². The van der Waals surface area contributed by atoms with Crippen LogP contribution in [0.15, 0.2) is 0 Å². The molecule has 0 bridgehead atoms. The van der Waals surface area contributed by atoms with E-state index in [1.807, 2.05) is 0 Å². The summed E-state index contributed by atoms with van der Waals surface area (Å²) in [5.41, 5.74) is 0. The van der Waals surface area contributed by atoms with Crippen molar-refractivity contribution in [3.63, 3.8) is 0 Å². The molecule has 15 heavy (non-hydrogen) atoms. The lowest BCUT2D eigenvalue weighted by molar-refractivity contribution is -0.120. The molecule has 0 rings (SSSR count). The molecule has 0 aromatic heterocycles. The molecule has 2 atom stereocenters. The molecule has 3 heteroatoms. The number of nitrogens with one attached hydrogen (secondary N) is 1. The number of methoxy groups -OCH3 is 2. The monoisotopic (exact) mass is 217 g/mol. The van der Waals surface area contributed by atoms with Gasteiger partial charge in [0.05, 0.1) is 6.04 Å². The average Bonchev–Trinajstić information content (AvgIpc) is 2.16. The second kappa shape index (κ2) is 8.08. The summed E-state index contributed by atoms with van der Waals surface area (Å²) in [5, 5.41) is 3.49. The Morgan fingerprint density at radius 1 is 0.933 bits per heavy atom. The third kappa shape index (κ3) is 6.88. The minimum atomic E-state index is -0.161. The Bertz CT molecular complexity index is 147. The van der Waals surface area contributed by atoms with E-state index < -0.39 is 0 Å². The molecule has 0 spiro atoms. The van der Waals surface area contributed by atoms with Gasteiger partial charge in [-0.3, -0.25) is 0 Å². The van der Waals surface area contributed by atoms with Crippen LogP contribution in [0.3, 0.4) is 0 Å². The van der Waals surface area contributed by atoms with Gasteiger partial charge in [0.1, 0.15) is 0 Å². The normalized spacial score (nSPS) is 16.0. The molecule has 92 valence electrons. The van der Waals surface area contributed by atoms with Crippen molar-refractivity contribution in [2.75, 3.05) is 14.2 Å². The highest BCUT2D eigenvalue weighted by atomic mass is 16.7. The fourth-order valence-electron chi connectivity index (χ4n) is 1.70. The number of hydrogen-bond donors (Lipinski definition) is 1. The van der Waals surface area contributed by atoms with E-state index in [0.717, 1.165) is 5.92 Å². The van der Waals surface area contributed by atoms with E-state index in [4.69, 9.17) is 9.47 Å². The first-order valence-corrected chi connectivity index (χ1v) is 5.82. The first kappa shape index (κ1) is 14.9. The van der Waals surface area contributed by atoms with Crippen molar-refractivity contribution >= 4 is 0 Å². The molecule has 1 N–H and O–H groups in total. The Morgan fingerprint density at radius 2 is 1.47 bits per heavy atom. The second-order valence-corrected chi connectivity index (χ2v) is 4.67. The van der Waals surface area contributed by atoms with Crippen molar-refractivity contribution in [3.05, 3.63) is 0 Å². The summed E-state index contributed by atoms with van der Waals surface area (Å²) in [4.78, 5) is 0. The van der Waals surface area contributed by atoms with E-state index in [1.165, 1.54) is 12.8 Å². The molecule has 0 saturated heterocycles. The maximum absolute atomic E-state index is 5.20. The van der Waals surface area contributed by atoms with Gasteiger partial charge >= 0.3 is 0 Å². The van der Waals surface area contributed by atoms with E-state index in [0.29, 0.717) is 6.04 Å². The van der Waals surface area contributed by atoms with Crippen LogP contribution in [0, 0.1) is 5.92 Å². The predicted octanol–water partition coefficient (Wildman–Crippen LogP) is 2.41. The first-order valence-electron chi connectivity index (χ1n) is 5.82. The molecule has 0 amide bonds. The van der Waals surface area contributed by atoms with Crippen LogP contribution in [0.5, 0.6) is 0 Å². The quantitative estimate of drug-likeness (QED) is 0.633. The molecule has 0 aliphatic heterocycles. The number of ether oxygens (including phenoxy) is 2. The van der Waals surface area contributed by atoms with E-state index in [-0.39, 0.29) is 12.3 Å². The van der Waals surface area contributed by atoms with Gasteiger partial charge in [-0.25, -0.2) is 0 Å². The van der Waals surface area contributed by atoms with Crippen molar-refractivity contribution in [1.82, 2.24) is 5.32 Å². The van der Waals surface area contributed by atoms with Crippen molar-refractivity contribution in [1.29, 1.82) is 0 Å². The van der Waals surface area contributed by atoms with E-state index >= 15 is 0 Å². The second-order valence-electron chi connectivity index (χ2n) is 4.67. The van der Waals surface area contributed by atoms with Gasteiger partial charge in [-0.1, -0.05) is 13.8 Å². The summed E-state index contributed by atoms with van der Waals surface area (Å²) in [6, 6.07) is 0.734. The standard InChI is InChI=1S/C12H27NO2/c1-9(2)7-8-10(3)13-11(4)12(14-5)15-6/h9-13H,7-8H2,1-6H3. The van der Waals surface area contributed by atoms with Gasteiger partial charge < -0.3 is 14.8 Å². The lowest BCUT2D eigenvalue weighted by Gasteiger charge is -2.26. The summed E-state index contributed by atoms with van der Waals surface area (Å²) in [7, 11) is 3.34. The van der Waals surface area contributed by atoms with Gasteiger partial charge in [0, 0.05) is 20.3 Å². The summed E-state index contributed by atoms with van der Waals surface area (Å²) in [5.74, 6) is 0.769. The Kier molecular flexibility index (Phi) is 8.02. The molecule has 0 radical (unpaired) electrons. The van der Waals surface area contributed by atoms with Crippen LogP contribution < -0.4 is 5.32 Å². The molecule has 0 aliphatic carbocycles. The number of rotatable bonds is 8. The van der Waals surface area contributed by atoms with Crippen LogP contribution in [0.25, 0.3) is 0 Å². The Balaban J connectivity index is 3.78. The lowest BCUT2D eigenvalue weighted by Crippen LogP contribution is -2.44. The molecular weight excluding hydrogens is 190 g/mol. The van der Waals surface area contributed by atoms with Gasteiger partial charge in [-0.05, 0) is 32.6 Å². The Hall–Kier alpha value is -0.120. The van der Waals surface area contributed by atoms with Crippen molar-refractivity contribution in [2.24, 2.45) is 5.92 Å². The van der Waals surface area contributed by atoms with Crippen LogP contribution in [-0.4, -0.2) is 32.6 Å². The topological polar surface area (TPSA) is 30.5 Å². The molecule has 0 aliphatic rings. The van der Waals surface area contributed by atoms with Crippen LogP contribution in [-0.2, 0) is 9.47 Å². The van der Waals surface area contributed by atoms with Crippen LogP contribution in [0.1, 0.15) is 40.5 Å². The minimum absolute atomic E-state index is 0.161. The van der Waals surface area contributed by atoms with Gasteiger partial charge in [0.25, 0.3) is 0 Å². The lowest BCUT2D eigenvalue weighted by atomic mass is 10.0. The molecule has 0 fully saturated rings. The fraction of sp³-hybridized carbons (Fsp3) is 1.00. The van der Waals surface area contributed by atoms with Crippen LogP contribution in [0.4, 0.5) is 0 Å². The molecule has 0 saturated carbocycles. The third-order valence-electron chi connectivity index (χ3n) is 2.60. The summed E-state index contributed by atoms with van der Waals surface area (Å²) in [6.07, 6.45) is 2.29. The van der Waals surface area contributed by atoms with Gasteiger partial charge in [0.2, 0.25) is 0 Å². The summed E-state index contributed by atoms with van der Waals surface area (Å²) in [6.45, 7) is 8.80. The summed E-state index contributed by atoms with van der Waals surface area (Å²) >= 11 is 0. The van der Waals surface area contributed by atoms with Crippen LogP contribution in [0.2, 0.25) is 0 Å². The van der Waals surface area contributed by atoms with E-state index in [1.54, 1.807) is 14.2 Å². The zero-order chi connectivity index (χ0) is 11.8. The predicted molar refractivity (Wildman–Crippen MR) is 63.9 cm³/mol. The van der Waals surface area contributed by atoms with Gasteiger partial charge in [-0.2, -0.15) is 0 Å². The van der Waals surface area contributed by atoms with Crippen molar-refractivity contribution in [2.45, 2.75) is 58.9 Å². The van der Waals surface area contributed by atoms with Crippen molar-refractivity contribution in [3.8, 4) is 0 Å². The maximum Gasteiger partial charge on any atom is 0.171 e. The zero-order valence-electron chi connectivity index (χ0n) is 11.0. The minimum Gasteiger partial charge on any atom is -0.354 e. The zero-order valence-corrected chi connectivity index (χ0v) is 11.0. The number of hydrogen-bond acceptors (Lipinski definition) is 3. The van der Waals surface area contributed by atoms with Crippen molar-refractivity contribution < 1.29 is 9.47 Å². The smallest absolute Gasteiger partial charge is 0.171 e. The fourth-order valence-corrected chi connectivity index (χ4v) is 1.70. The Morgan fingerprint density at radius 3 is 1.87 bits per heavy atom. The maximum atomic E-state index is 5.20. The van der Waals surface area contributed by atoms with E-state index in [9.17, 15) is 0 Å². The highest BCUT2D eigenvalue weighted by molar-refractivity contribution is 4.70. The molecule has 2 unspecified atom stereocenters.